The lowest BCUT2D eigenvalue weighted by atomic mass is 9.74. The first-order valence-electron chi connectivity index (χ1n) is 12.1. The molecule has 0 unspecified atom stereocenters. The van der Waals surface area contributed by atoms with E-state index in [4.69, 9.17) is 0 Å². The molecule has 7 aromatic carbocycles. The van der Waals surface area contributed by atoms with Crippen LogP contribution in [0.1, 0.15) is 22.3 Å². The van der Waals surface area contributed by atoms with Gasteiger partial charge in [0.25, 0.3) is 0 Å². The van der Waals surface area contributed by atoms with Crippen molar-refractivity contribution in [3.63, 3.8) is 0 Å². The van der Waals surface area contributed by atoms with E-state index in [1.54, 1.807) is 5.56 Å². The van der Waals surface area contributed by atoms with Crippen molar-refractivity contribution in [2.45, 2.75) is 19.3 Å². The van der Waals surface area contributed by atoms with Crippen molar-refractivity contribution in [2.24, 2.45) is 0 Å². The number of rotatable bonds is 0. The Morgan fingerprint density at radius 1 is 0.394 bits per heavy atom. The third kappa shape index (κ3) is 1.52. The van der Waals surface area contributed by atoms with E-state index < -0.39 is 0 Å². The van der Waals surface area contributed by atoms with E-state index in [-0.39, 0.29) is 0 Å². The van der Waals surface area contributed by atoms with Gasteiger partial charge >= 0.3 is 0 Å². The highest BCUT2D eigenvalue weighted by Gasteiger charge is 2.28. The average molecular weight is 415 g/mol. The second-order valence-electron chi connectivity index (χ2n) is 10.3. The molecule has 0 amide bonds. The molecule has 7 aromatic rings. The lowest BCUT2D eigenvalue weighted by Gasteiger charge is -2.29. The van der Waals surface area contributed by atoms with E-state index in [1.165, 1.54) is 91.8 Å². The van der Waals surface area contributed by atoms with Crippen molar-refractivity contribution in [1.82, 2.24) is 0 Å². The van der Waals surface area contributed by atoms with E-state index >= 15 is 0 Å². The maximum atomic E-state index is 2.48. The number of fused-ring (bicyclic) bond motifs is 2. The van der Waals surface area contributed by atoms with Gasteiger partial charge in [0.05, 0.1) is 0 Å². The Hall–Kier alpha value is -3.90. The minimum atomic E-state index is 1.02. The Bertz CT molecular complexity index is 2240. The molecule has 0 aromatic heterocycles. The molecular weight excluding hydrogens is 396 g/mol. The van der Waals surface area contributed by atoms with Crippen LogP contribution < -0.4 is 10.4 Å². The van der Waals surface area contributed by atoms with Crippen LogP contribution in [0.3, 0.4) is 0 Å². The number of hydrogen-bond acceptors (Lipinski definition) is 0. The number of hydrogen-bond donors (Lipinski definition) is 0. The summed E-state index contributed by atoms with van der Waals surface area (Å²) in [7, 11) is 0. The van der Waals surface area contributed by atoms with Gasteiger partial charge in [-0.05, 0) is 117 Å². The maximum absolute atomic E-state index is 2.48. The van der Waals surface area contributed by atoms with Crippen LogP contribution in [0.4, 0.5) is 0 Å². The van der Waals surface area contributed by atoms with Gasteiger partial charge in [0.1, 0.15) is 0 Å². The fraction of sp³-hybridized carbons (Fsp3) is 0.0909. The summed E-state index contributed by atoms with van der Waals surface area (Å²) in [4.78, 5) is 0. The molecule has 0 saturated carbocycles. The second kappa shape index (κ2) is 4.87. The molecule has 3 aliphatic carbocycles. The highest BCUT2D eigenvalue weighted by molar-refractivity contribution is 6.46. The smallest absolute Gasteiger partial charge is 0.000399 e. The highest BCUT2D eigenvalue weighted by atomic mass is 14.3. The topological polar surface area (TPSA) is 0 Å². The molecule has 0 spiro atoms. The predicted octanol–water partition coefficient (Wildman–Crippen LogP) is 6.62. The summed E-state index contributed by atoms with van der Waals surface area (Å²) in [5.74, 6) is 0. The van der Waals surface area contributed by atoms with Crippen LogP contribution in [0, 0.1) is 0 Å². The van der Waals surface area contributed by atoms with E-state index in [2.05, 4.69) is 72.8 Å². The Balaban J connectivity index is 1.78. The van der Waals surface area contributed by atoms with E-state index in [0.717, 1.165) is 19.3 Å². The molecule has 0 fully saturated rings. The lowest BCUT2D eigenvalue weighted by Crippen LogP contribution is -2.19. The van der Waals surface area contributed by atoms with Crippen molar-refractivity contribution >= 4 is 76.8 Å². The lowest BCUT2D eigenvalue weighted by molar-refractivity contribution is 1.23. The van der Waals surface area contributed by atoms with Crippen LogP contribution in [-0.2, 0) is 19.3 Å². The Kier molecular flexibility index (Phi) is 2.34. The summed E-state index contributed by atoms with van der Waals surface area (Å²) >= 11 is 0. The van der Waals surface area contributed by atoms with Gasteiger partial charge in [0.2, 0.25) is 0 Å². The summed E-state index contributed by atoms with van der Waals surface area (Å²) in [5, 5.41) is 20.9. The fourth-order valence-corrected chi connectivity index (χ4v) is 7.82. The van der Waals surface area contributed by atoms with Gasteiger partial charge in [-0.1, -0.05) is 72.8 Å². The van der Waals surface area contributed by atoms with Gasteiger partial charge in [-0.15, -0.1) is 0 Å². The van der Waals surface area contributed by atoms with Gasteiger partial charge in [0.15, 0.2) is 0 Å². The first kappa shape index (κ1) is 15.8. The van der Waals surface area contributed by atoms with Crippen LogP contribution in [0.2, 0.25) is 0 Å². The van der Waals surface area contributed by atoms with Gasteiger partial charge in [-0.3, -0.25) is 0 Å². The Morgan fingerprint density at radius 2 is 1.06 bits per heavy atom. The SMILES string of the molecule is C1=c2ccc3c4c5c(c6cccc7c6c6c8c(cccc8c8ccc(c(c24)c8c56)C1)C7)CC=3. The second-order valence-corrected chi connectivity index (χ2v) is 10.3. The minimum Gasteiger partial charge on any atom is -0.0722 e. The molecule has 0 bridgehead atoms. The monoisotopic (exact) mass is 414 g/mol. The molecular formula is C33H18. The molecule has 3 aliphatic rings. The van der Waals surface area contributed by atoms with Crippen LogP contribution >= 0.6 is 0 Å². The van der Waals surface area contributed by atoms with Crippen LogP contribution in [0.5, 0.6) is 0 Å². The summed E-state index contributed by atoms with van der Waals surface area (Å²) < 4.78 is 0. The molecule has 0 saturated heterocycles. The molecule has 0 heterocycles. The quantitative estimate of drug-likeness (QED) is 0.193. The van der Waals surface area contributed by atoms with Crippen molar-refractivity contribution in [3.05, 3.63) is 93.4 Å². The summed E-state index contributed by atoms with van der Waals surface area (Å²) in [6, 6.07) is 23.6. The summed E-state index contributed by atoms with van der Waals surface area (Å²) in [6.07, 6.45) is 8.02. The maximum Gasteiger partial charge on any atom is -0.000399 e. The van der Waals surface area contributed by atoms with Crippen molar-refractivity contribution < 1.29 is 0 Å². The largest absolute Gasteiger partial charge is 0.0722 e. The molecule has 0 aliphatic heterocycles. The third-order valence-corrected chi connectivity index (χ3v) is 8.98. The molecule has 33 heavy (non-hydrogen) atoms. The summed E-state index contributed by atoms with van der Waals surface area (Å²) in [5.41, 5.74) is 6.02. The van der Waals surface area contributed by atoms with Crippen LogP contribution in [0.25, 0.3) is 76.8 Å². The van der Waals surface area contributed by atoms with E-state index in [9.17, 15) is 0 Å². The first-order chi connectivity index (χ1) is 16.4. The first-order valence-corrected chi connectivity index (χ1v) is 12.1. The van der Waals surface area contributed by atoms with Crippen molar-refractivity contribution in [2.75, 3.05) is 0 Å². The highest BCUT2D eigenvalue weighted by Crippen LogP contribution is 2.52. The van der Waals surface area contributed by atoms with Crippen molar-refractivity contribution in [3.8, 4) is 0 Å². The molecule has 10 rings (SSSR count). The normalized spacial score (nSPS) is 15.4. The van der Waals surface area contributed by atoms with Crippen LogP contribution in [0.15, 0.2) is 60.7 Å². The standard InChI is InChI=1S/C33H18/c1-3-19-15-20-4-2-6-22-24-14-12-18-10-8-16-7-9-17-11-13-23-21(5-1)25(19)32(26(20)22)33-30(23)28(17)27(16)29(18)31(24)33/h1-9,11-12,14H,10,13,15H2. The zero-order valence-corrected chi connectivity index (χ0v) is 18.0. The minimum absolute atomic E-state index is 1.02. The van der Waals surface area contributed by atoms with E-state index in [0.29, 0.717) is 0 Å². The fourth-order valence-electron chi connectivity index (χ4n) is 7.82. The van der Waals surface area contributed by atoms with Crippen LogP contribution in [-0.4, -0.2) is 0 Å². The van der Waals surface area contributed by atoms with Gasteiger partial charge in [-0.2, -0.15) is 0 Å². The molecule has 0 radical (unpaired) electrons. The zero-order valence-electron chi connectivity index (χ0n) is 18.0. The number of benzene rings is 7. The predicted molar refractivity (Wildman–Crippen MR) is 141 cm³/mol. The molecule has 150 valence electrons. The third-order valence-electron chi connectivity index (χ3n) is 8.98. The molecule has 0 nitrogen and oxygen atoms in total. The molecule has 0 heteroatoms. The zero-order chi connectivity index (χ0) is 21.0. The molecule has 0 atom stereocenters. The average Bonchev–Trinajstić information content (AvgIpc) is 2.87. The van der Waals surface area contributed by atoms with Gasteiger partial charge < -0.3 is 0 Å². The Morgan fingerprint density at radius 3 is 1.91 bits per heavy atom. The molecule has 0 N–H and O–H groups in total. The van der Waals surface area contributed by atoms with E-state index in [1.807, 2.05) is 0 Å². The Labute approximate surface area is 189 Å². The van der Waals surface area contributed by atoms with Crippen molar-refractivity contribution in [1.29, 1.82) is 0 Å². The van der Waals surface area contributed by atoms with Gasteiger partial charge in [0, 0.05) is 0 Å². The summed E-state index contributed by atoms with van der Waals surface area (Å²) in [6.45, 7) is 0. The van der Waals surface area contributed by atoms with Gasteiger partial charge in [-0.25, -0.2) is 0 Å².